The molecule has 2 heterocycles. The topological polar surface area (TPSA) is 59.5 Å². The van der Waals surface area contributed by atoms with Gasteiger partial charge in [-0.2, -0.15) is 0 Å². The van der Waals surface area contributed by atoms with Gasteiger partial charge in [0.2, 0.25) is 5.91 Å². The molecule has 1 aliphatic rings. The Bertz CT molecular complexity index is 519. The van der Waals surface area contributed by atoms with E-state index in [2.05, 4.69) is 18.8 Å². The number of nitrogens with zero attached hydrogens (tertiary/aromatic N) is 2. The zero-order chi connectivity index (χ0) is 16.1. The van der Waals surface area contributed by atoms with Gasteiger partial charge >= 0.3 is 5.97 Å². The Hall–Kier alpha value is -1.43. The highest BCUT2D eigenvalue weighted by atomic mass is 32.1. The lowest BCUT2D eigenvalue weighted by Gasteiger charge is -2.31. The van der Waals surface area contributed by atoms with Gasteiger partial charge in [-0.15, -0.1) is 11.3 Å². The van der Waals surface area contributed by atoms with Gasteiger partial charge in [0.15, 0.2) is 0 Å². The number of ether oxygens (including phenoxy) is 1. The van der Waals surface area contributed by atoms with Crippen LogP contribution >= 0.6 is 11.3 Å². The van der Waals surface area contributed by atoms with E-state index >= 15 is 0 Å². The number of likely N-dealkylation sites (tertiary alicyclic amines) is 1. The molecule has 0 saturated carbocycles. The summed E-state index contributed by atoms with van der Waals surface area (Å²) in [6, 6.07) is 0. The smallest absolute Gasteiger partial charge is 0.350 e. The van der Waals surface area contributed by atoms with E-state index in [1.165, 1.54) is 11.3 Å². The van der Waals surface area contributed by atoms with Gasteiger partial charge in [0.05, 0.1) is 11.2 Å². The summed E-state index contributed by atoms with van der Waals surface area (Å²) in [7, 11) is 0. The summed E-state index contributed by atoms with van der Waals surface area (Å²) in [5.41, 5.74) is 0. The lowest BCUT2D eigenvalue weighted by Crippen LogP contribution is -2.41. The summed E-state index contributed by atoms with van der Waals surface area (Å²) in [5.74, 6) is 0.235. The number of hydrogen-bond acceptors (Lipinski definition) is 5. The van der Waals surface area contributed by atoms with Gasteiger partial charge < -0.3 is 9.64 Å². The number of amides is 1. The summed E-state index contributed by atoms with van der Waals surface area (Å²) in [4.78, 5) is 30.6. The van der Waals surface area contributed by atoms with E-state index in [4.69, 9.17) is 4.74 Å². The fraction of sp³-hybridized carbons (Fsp3) is 0.688. The Labute approximate surface area is 135 Å². The van der Waals surface area contributed by atoms with Crippen LogP contribution in [0, 0.1) is 0 Å². The third-order valence-electron chi connectivity index (χ3n) is 3.75. The molecule has 0 aromatic carbocycles. The molecule has 1 amide bonds. The first-order valence-corrected chi connectivity index (χ1v) is 8.77. The lowest BCUT2D eigenvalue weighted by molar-refractivity contribution is -0.133. The number of aromatic nitrogens is 1. The van der Waals surface area contributed by atoms with Gasteiger partial charge in [-0.25, -0.2) is 9.78 Å². The minimum atomic E-state index is -0.289. The van der Waals surface area contributed by atoms with Gasteiger partial charge in [0.25, 0.3) is 0 Å². The zero-order valence-corrected chi connectivity index (χ0v) is 14.3. The molecule has 1 aromatic heterocycles. The van der Waals surface area contributed by atoms with Crippen molar-refractivity contribution in [2.45, 2.75) is 58.5 Å². The number of rotatable bonds is 5. The van der Waals surface area contributed by atoms with Crippen LogP contribution < -0.4 is 0 Å². The second-order valence-electron chi connectivity index (χ2n) is 5.95. The van der Waals surface area contributed by atoms with Crippen LogP contribution in [0.5, 0.6) is 0 Å². The van der Waals surface area contributed by atoms with Crippen molar-refractivity contribution in [1.29, 1.82) is 0 Å². The van der Waals surface area contributed by atoms with Crippen LogP contribution in [-0.4, -0.2) is 41.0 Å². The molecule has 0 atom stereocenters. The maximum absolute atomic E-state index is 12.1. The molecule has 1 saturated heterocycles. The highest BCUT2D eigenvalue weighted by Crippen LogP contribution is 2.23. The molecule has 5 nitrogen and oxygen atoms in total. The SMILES string of the molecule is CCCC(=O)N1CCC(OC(=O)c2cnc(C(C)C)s2)CC1. The monoisotopic (exact) mass is 324 g/mol. The number of thiazole rings is 1. The van der Waals surface area contributed by atoms with Crippen LogP contribution in [0.2, 0.25) is 0 Å². The Balaban J connectivity index is 1.82. The van der Waals surface area contributed by atoms with E-state index in [-0.39, 0.29) is 18.0 Å². The molecule has 0 bridgehead atoms. The van der Waals surface area contributed by atoms with E-state index in [1.807, 2.05) is 11.8 Å². The van der Waals surface area contributed by atoms with Crippen molar-refractivity contribution in [3.63, 3.8) is 0 Å². The number of carbonyl (C=O) groups is 2. The Morgan fingerprint density at radius 3 is 2.64 bits per heavy atom. The van der Waals surface area contributed by atoms with Gasteiger partial charge in [-0.05, 0) is 6.42 Å². The molecule has 2 rings (SSSR count). The van der Waals surface area contributed by atoms with Crippen LogP contribution in [0.4, 0.5) is 0 Å². The summed E-state index contributed by atoms with van der Waals surface area (Å²) >= 11 is 1.40. The molecule has 0 N–H and O–H groups in total. The molecule has 6 heteroatoms. The third kappa shape index (κ3) is 4.29. The average Bonchev–Trinajstić information content (AvgIpc) is 2.98. The Morgan fingerprint density at radius 1 is 1.41 bits per heavy atom. The average molecular weight is 324 g/mol. The normalized spacial score (nSPS) is 16.1. The van der Waals surface area contributed by atoms with Crippen molar-refractivity contribution in [2.24, 2.45) is 0 Å². The number of esters is 1. The van der Waals surface area contributed by atoms with Gasteiger partial charge in [-0.3, -0.25) is 4.79 Å². The predicted molar refractivity (Wildman–Crippen MR) is 86.1 cm³/mol. The van der Waals surface area contributed by atoms with Crippen molar-refractivity contribution in [3.05, 3.63) is 16.1 Å². The first kappa shape index (κ1) is 16.9. The molecule has 1 aromatic rings. The summed E-state index contributed by atoms with van der Waals surface area (Å²) in [6.45, 7) is 7.47. The van der Waals surface area contributed by atoms with Crippen LogP contribution in [0.25, 0.3) is 0 Å². The lowest BCUT2D eigenvalue weighted by atomic mass is 10.1. The number of carbonyl (C=O) groups excluding carboxylic acids is 2. The van der Waals surface area contributed by atoms with Crippen LogP contribution in [0.15, 0.2) is 6.20 Å². The van der Waals surface area contributed by atoms with Gasteiger partial charge in [-0.1, -0.05) is 20.8 Å². The van der Waals surface area contributed by atoms with Gasteiger partial charge in [0.1, 0.15) is 11.0 Å². The van der Waals surface area contributed by atoms with Crippen molar-refractivity contribution >= 4 is 23.2 Å². The number of hydrogen-bond donors (Lipinski definition) is 0. The fourth-order valence-corrected chi connectivity index (χ4v) is 3.26. The molecule has 1 aliphatic heterocycles. The highest BCUT2D eigenvalue weighted by Gasteiger charge is 2.25. The van der Waals surface area contributed by atoms with Crippen LogP contribution in [0.3, 0.4) is 0 Å². The minimum absolute atomic E-state index is 0.0947. The molecule has 0 radical (unpaired) electrons. The van der Waals surface area contributed by atoms with Crippen molar-refractivity contribution in [1.82, 2.24) is 9.88 Å². The molecule has 0 aliphatic carbocycles. The van der Waals surface area contributed by atoms with E-state index in [1.54, 1.807) is 6.20 Å². The summed E-state index contributed by atoms with van der Waals surface area (Å²) < 4.78 is 5.55. The summed E-state index contributed by atoms with van der Waals surface area (Å²) in [6.07, 6.45) is 4.42. The van der Waals surface area contributed by atoms with Gasteiger partial charge in [0, 0.05) is 38.3 Å². The highest BCUT2D eigenvalue weighted by molar-refractivity contribution is 7.13. The van der Waals surface area contributed by atoms with Crippen LogP contribution in [-0.2, 0) is 9.53 Å². The number of piperidine rings is 1. The summed E-state index contributed by atoms with van der Waals surface area (Å²) in [5, 5.41) is 0.951. The largest absolute Gasteiger partial charge is 0.458 e. The Morgan fingerprint density at radius 2 is 2.09 bits per heavy atom. The molecule has 122 valence electrons. The molecule has 0 spiro atoms. The maximum Gasteiger partial charge on any atom is 0.350 e. The zero-order valence-electron chi connectivity index (χ0n) is 13.5. The molecular weight excluding hydrogens is 300 g/mol. The second-order valence-corrected chi connectivity index (χ2v) is 7.02. The fourth-order valence-electron chi connectivity index (χ4n) is 2.45. The predicted octanol–water partition coefficient (Wildman–Crippen LogP) is 3.21. The first-order chi connectivity index (χ1) is 10.5. The van der Waals surface area contributed by atoms with Crippen LogP contribution in [0.1, 0.15) is 67.1 Å². The van der Waals surface area contributed by atoms with Crippen molar-refractivity contribution in [3.8, 4) is 0 Å². The molecule has 22 heavy (non-hydrogen) atoms. The van der Waals surface area contributed by atoms with Crippen molar-refractivity contribution < 1.29 is 14.3 Å². The molecule has 0 unspecified atom stereocenters. The van der Waals surface area contributed by atoms with E-state index in [9.17, 15) is 9.59 Å². The van der Waals surface area contributed by atoms with E-state index < -0.39 is 0 Å². The first-order valence-electron chi connectivity index (χ1n) is 7.95. The minimum Gasteiger partial charge on any atom is -0.458 e. The standard InChI is InChI=1S/C16H24N2O3S/c1-4-5-14(19)18-8-6-12(7-9-18)21-16(20)13-10-17-15(22-13)11(2)3/h10-12H,4-9H2,1-3H3. The second kappa shape index (κ2) is 7.72. The van der Waals surface area contributed by atoms with E-state index in [0.29, 0.717) is 30.3 Å². The quantitative estimate of drug-likeness (QED) is 0.780. The Kier molecular flexibility index (Phi) is 5.94. The third-order valence-corrected chi connectivity index (χ3v) is 5.03. The maximum atomic E-state index is 12.1. The van der Waals surface area contributed by atoms with Crippen molar-refractivity contribution in [2.75, 3.05) is 13.1 Å². The molecular formula is C16H24N2O3S. The molecule has 1 fully saturated rings. The van der Waals surface area contributed by atoms with E-state index in [0.717, 1.165) is 24.3 Å².